The van der Waals surface area contributed by atoms with Crippen LogP contribution in [0.25, 0.3) is 11.0 Å². The molecule has 1 aromatic carbocycles. The van der Waals surface area contributed by atoms with Crippen molar-refractivity contribution in [1.29, 1.82) is 0 Å². The van der Waals surface area contributed by atoms with Crippen LogP contribution in [0.4, 0.5) is 11.4 Å². The Morgan fingerprint density at radius 3 is 2.07 bits per heavy atom. The van der Waals surface area contributed by atoms with Gasteiger partial charge < -0.3 is 21.3 Å². The maximum absolute atomic E-state index is 12.4. The van der Waals surface area contributed by atoms with Crippen LogP contribution in [0.3, 0.4) is 0 Å². The number of hydrogen-bond donors (Lipinski definition) is 4. The van der Waals surface area contributed by atoms with Gasteiger partial charge >= 0.3 is 5.69 Å². The van der Waals surface area contributed by atoms with Gasteiger partial charge in [-0.3, -0.25) is 14.9 Å². The number of nitro benzene ring substituents is 1. The summed E-state index contributed by atoms with van der Waals surface area (Å²) in [5, 5.41) is 42.3. The molecule has 0 bridgehead atoms. The highest BCUT2D eigenvalue weighted by atomic mass is 16.6. The predicted octanol–water partition coefficient (Wildman–Crippen LogP) is 6.20. The number of fused-ring (bicyclic) bond motifs is 1. The first kappa shape index (κ1) is 34.6. The third kappa shape index (κ3) is 12.8. The number of ketones is 1. The summed E-state index contributed by atoms with van der Waals surface area (Å²) in [5.74, 6) is -0.347. The number of aliphatic hydroxyl groups excluding tert-OH is 2. The fraction of sp³-hybridized carbons (Fsp3) is 0.767. The van der Waals surface area contributed by atoms with Gasteiger partial charge in [-0.2, -0.15) is 0 Å². The average Bonchev–Trinajstić information content (AvgIpc) is 3.46. The van der Waals surface area contributed by atoms with E-state index in [1.807, 2.05) is 0 Å². The van der Waals surface area contributed by atoms with Crippen molar-refractivity contribution in [2.24, 2.45) is 5.73 Å². The third-order valence-electron chi connectivity index (χ3n) is 7.75. The molecule has 0 amide bonds. The van der Waals surface area contributed by atoms with E-state index in [0.29, 0.717) is 30.6 Å². The van der Waals surface area contributed by atoms with Crippen molar-refractivity contribution < 1.29 is 24.6 Å². The maximum Gasteiger partial charge on any atom is 0.300 e. The number of nitro groups is 1. The molecule has 1 unspecified atom stereocenters. The maximum atomic E-state index is 12.4. The predicted molar refractivity (Wildman–Crippen MR) is 161 cm³/mol. The second kappa shape index (κ2) is 20.3. The highest BCUT2D eigenvalue weighted by Gasteiger charge is 2.28. The number of non-ortho nitro benzene ring substituents is 1. The van der Waals surface area contributed by atoms with E-state index in [4.69, 9.17) is 5.73 Å². The Labute approximate surface area is 243 Å². The zero-order valence-corrected chi connectivity index (χ0v) is 24.8. The summed E-state index contributed by atoms with van der Waals surface area (Å²) < 4.78 is 4.66. The van der Waals surface area contributed by atoms with Gasteiger partial charge in [0.1, 0.15) is 6.10 Å². The monoisotopic (exact) mass is 577 g/mol. The third-order valence-corrected chi connectivity index (χ3v) is 7.75. The number of benzene rings is 1. The van der Waals surface area contributed by atoms with E-state index in [9.17, 15) is 25.1 Å². The molecule has 0 spiro atoms. The molecule has 2 aromatic rings. The van der Waals surface area contributed by atoms with Crippen molar-refractivity contribution in [1.82, 2.24) is 10.3 Å². The second-order valence-corrected chi connectivity index (χ2v) is 11.2. The number of nitrogens with zero attached hydrogens (tertiary/aromatic N) is 3. The number of rotatable bonds is 25. The molecule has 5 N–H and O–H groups in total. The lowest BCUT2D eigenvalue weighted by atomic mass is 9.95. The number of aliphatic hydroxyl groups is 2. The van der Waals surface area contributed by atoms with Crippen LogP contribution >= 0.6 is 0 Å². The number of carbonyl (C=O) groups excluding carboxylic acids is 1. The van der Waals surface area contributed by atoms with Crippen molar-refractivity contribution in [3.63, 3.8) is 0 Å². The van der Waals surface area contributed by atoms with E-state index in [-0.39, 0.29) is 23.4 Å². The zero-order chi connectivity index (χ0) is 29.9. The van der Waals surface area contributed by atoms with Gasteiger partial charge in [-0.05, 0) is 35.6 Å². The minimum Gasteiger partial charge on any atom is -0.391 e. The standard InChI is InChI=1S/C30H51N5O6/c1-2-3-4-5-6-7-8-9-10-11-12-13-15-18-25(36)27(31)30(38)26(37)19-16-14-17-22-32-23-20-21-24(35(39)40)29-28(23)33-41-34-29/h20-21,25,27,30,32,36,38H,2-19,22,31H2,1H3/t25-,27-,30?/m1/s1. The van der Waals surface area contributed by atoms with E-state index < -0.39 is 23.2 Å². The first-order chi connectivity index (χ1) is 19.9. The SMILES string of the molecule is CCCCCCCCCCCCCCC[C@@H](O)[C@@H](N)C(O)C(=O)CCCCCNc1ccc([N+](=O)[O-])c2nonc12. The number of hydrogen-bond acceptors (Lipinski definition) is 10. The minimum absolute atomic E-state index is 0.0900. The molecular formula is C30H51N5O6. The van der Waals surface area contributed by atoms with Gasteiger partial charge in [-0.25, -0.2) is 4.63 Å². The summed E-state index contributed by atoms with van der Waals surface area (Å²) in [5.41, 5.74) is 6.80. The van der Waals surface area contributed by atoms with E-state index in [0.717, 1.165) is 32.1 Å². The fourth-order valence-corrected chi connectivity index (χ4v) is 5.10. The molecule has 1 heterocycles. The van der Waals surface area contributed by atoms with Gasteiger partial charge in [0.05, 0.1) is 22.8 Å². The highest BCUT2D eigenvalue weighted by molar-refractivity contribution is 5.93. The van der Waals surface area contributed by atoms with Crippen LogP contribution < -0.4 is 11.1 Å². The van der Waals surface area contributed by atoms with E-state index in [1.54, 1.807) is 6.07 Å². The molecule has 0 aliphatic rings. The summed E-state index contributed by atoms with van der Waals surface area (Å²) >= 11 is 0. The molecule has 3 atom stereocenters. The van der Waals surface area contributed by atoms with Crippen molar-refractivity contribution >= 4 is 28.2 Å². The molecule has 0 aliphatic heterocycles. The van der Waals surface area contributed by atoms with E-state index in [2.05, 4.69) is 27.2 Å². The van der Waals surface area contributed by atoms with Crippen LogP contribution in [-0.2, 0) is 4.79 Å². The van der Waals surface area contributed by atoms with Gasteiger partial charge in [-0.1, -0.05) is 96.8 Å². The molecule has 1 aromatic heterocycles. The first-order valence-corrected chi connectivity index (χ1v) is 15.6. The smallest absolute Gasteiger partial charge is 0.300 e. The van der Waals surface area contributed by atoms with Crippen LogP contribution in [-0.4, -0.2) is 56.0 Å². The van der Waals surface area contributed by atoms with E-state index in [1.165, 1.54) is 70.3 Å². The molecule has 232 valence electrons. The molecule has 0 fully saturated rings. The van der Waals surface area contributed by atoms with Crippen LogP contribution in [0, 0.1) is 10.1 Å². The van der Waals surface area contributed by atoms with Gasteiger partial charge in [0.15, 0.2) is 11.3 Å². The van der Waals surface area contributed by atoms with Crippen LogP contribution in [0.15, 0.2) is 16.8 Å². The Hall–Kier alpha value is -2.63. The molecule has 0 aliphatic carbocycles. The van der Waals surface area contributed by atoms with Gasteiger partial charge in [-0.15, -0.1) is 0 Å². The Morgan fingerprint density at radius 2 is 1.46 bits per heavy atom. The highest BCUT2D eigenvalue weighted by Crippen LogP contribution is 2.28. The fourth-order valence-electron chi connectivity index (χ4n) is 5.10. The average molecular weight is 578 g/mol. The van der Waals surface area contributed by atoms with Crippen LogP contribution in [0.1, 0.15) is 122 Å². The normalized spacial score (nSPS) is 13.8. The Kier molecular flexibility index (Phi) is 17.1. The lowest BCUT2D eigenvalue weighted by molar-refractivity contribution is -0.383. The van der Waals surface area contributed by atoms with Crippen LogP contribution in [0.2, 0.25) is 0 Å². The number of carbonyl (C=O) groups is 1. The van der Waals surface area contributed by atoms with Crippen molar-refractivity contribution in [2.45, 2.75) is 141 Å². The largest absolute Gasteiger partial charge is 0.391 e. The number of nitrogens with one attached hydrogen (secondary N) is 1. The Morgan fingerprint density at radius 1 is 0.902 bits per heavy atom. The number of Topliss-reactive ketones (excluding diaryl/α,β-unsaturated/α-hetero) is 1. The van der Waals surface area contributed by atoms with Crippen molar-refractivity contribution in [3.05, 3.63) is 22.2 Å². The molecule has 0 saturated heterocycles. The molecule has 0 saturated carbocycles. The first-order valence-electron chi connectivity index (χ1n) is 15.6. The zero-order valence-electron chi connectivity index (χ0n) is 24.8. The number of aromatic nitrogens is 2. The minimum atomic E-state index is -1.36. The molecule has 0 radical (unpaired) electrons. The van der Waals surface area contributed by atoms with Crippen molar-refractivity contribution in [3.8, 4) is 0 Å². The molecule has 41 heavy (non-hydrogen) atoms. The quantitative estimate of drug-likeness (QED) is 0.0603. The number of unbranched alkanes of at least 4 members (excludes halogenated alkanes) is 14. The summed E-state index contributed by atoms with van der Waals surface area (Å²) in [7, 11) is 0. The second-order valence-electron chi connectivity index (χ2n) is 11.2. The molecule has 2 rings (SSSR count). The summed E-state index contributed by atoms with van der Waals surface area (Å²) in [6.07, 6.45) is 16.7. The summed E-state index contributed by atoms with van der Waals surface area (Å²) in [6, 6.07) is 1.95. The molecular weight excluding hydrogens is 526 g/mol. The Bertz CT molecular complexity index is 1020. The summed E-state index contributed by atoms with van der Waals surface area (Å²) in [4.78, 5) is 23.0. The van der Waals surface area contributed by atoms with Crippen molar-refractivity contribution in [2.75, 3.05) is 11.9 Å². The number of anilines is 1. The van der Waals surface area contributed by atoms with Gasteiger partial charge in [0.25, 0.3) is 0 Å². The lowest BCUT2D eigenvalue weighted by Gasteiger charge is -2.23. The van der Waals surface area contributed by atoms with Gasteiger partial charge in [0.2, 0.25) is 5.52 Å². The van der Waals surface area contributed by atoms with Crippen LogP contribution in [0.5, 0.6) is 0 Å². The molecule has 11 heteroatoms. The number of nitrogens with two attached hydrogens (primary N) is 1. The lowest BCUT2D eigenvalue weighted by Crippen LogP contribution is -2.48. The molecule has 11 nitrogen and oxygen atoms in total. The van der Waals surface area contributed by atoms with E-state index >= 15 is 0 Å². The summed E-state index contributed by atoms with van der Waals surface area (Å²) in [6.45, 7) is 2.81. The van der Waals surface area contributed by atoms with Gasteiger partial charge in [0, 0.05) is 19.0 Å². The topological polar surface area (TPSA) is 178 Å². The Balaban J connectivity index is 1.50.